The number of hydrogen-bond acceptors (Lipinski definition) is 4. The number of nitrogens with zero attached hydrogens (tertiary/aromatic N) is 1. The molecule has 3 rings (SSSR count). The molecular formula is C19H23N3O3. The van der Waals surface area contributed by atoms with Crippen LogP contribution in [0, 0.1) is 6.92 Å². The van der Waals surface area contributed by atoms with Gasteiger partial charge in [0, 0.05) is 11.8 Å². The molecule has 1 amide bonds. The van der Waals surface area contributed by atoms with Gasteiger partial charge >= 0.3 is 0 Å². The summed E-state index contributed by atoms with van der Waals surface area (Å²) in [5.41, 5.74) is 1.48. The molecule has 0 aliphatic heterocycles. The van der Waals surface area contributed by atoms with Crippen LogP contribution in [0.1, 0.15) is 59.8 Å². The van der Waals surface area contributed by atoms with E-state index in [4.69, 9.17) is 0 Å². The number of aryl methyl sites for hydroxylation is 1. The molecule has 2 aromatic rings. The number of fused-ring (bicyclic) bond motifs is 1. The van der Waals surface area contributed by atoms with Gasteiger partial charge in [0.2, 0.25) is 0 Å². The first-order valence-corrected chi connectivity index (χ1v) is 8.36. The fourth-order valence-corrected chi connectivity index (χ4v) is 3.17. The van der Waals surface area contributed by atoms with E-state index >= 15 is 0 Å². The van der Waals surface area contributed by atoms with Crippen LogP contribution in [-0.4, -0.2) is 27.1 Å². The molecule has 6 nitrogen and oxygen atoms in total. The molecule has 0 fully saturated rings. The summed E-state index contributed by atoms with van der Waals surface area (Å²) in [6.45, 7) is 7.47. The molecule has 2 atom stereocenters. The van der Waals surface area contributed by atoms with Crippen molar-refractivity contribution >= 4 is 5.91 Å². The van der Waals surface area contributed by atoms with Crippen LogP contribution < -0.4 is 10.9 Å². The molecule has 1 aromatic heterocycles. The highest BCUT2D eigenvalue weighted by Crippen LogP contribution is 2.31. The Balaban J connectivity index is 1.91. The Kier molecular flexibility index (Phi) is 4.24. The predicted octanol–water partition coefficient (Wildman–Crippen LogP) is 1.76. The number of carbonyl (C=O) groups excluding carboxylic acids is 1. The largest absolute Gasteiger partial charge is 0.390 e. The summed E-state index contributed by atoms with van der Waals surface area (Å²) in [4.78, 5) is 32.2. The molecular weight excluding hydrogens is 318 g/mol. The Morgan fingerprint density at radius 2 is 2.00 bits per heavy atom. The van der Waals surface area contributed by atoms with E-state index < -0.39 is 23.6 Å². The predicted molar refractivity (Wildman–Crippen MR) is 94.7 cm³/mol. The maximum Gasteiger partial charge on any atom is 0.264 e. The molecule has 1 aromatic carbocycles. The number of nitrogens with one attached hydrogen (secondary N) is 2. The van der Waals surface area contributed by atoms with E-state index in [-0.39, 0.29) is 11.0 Å². The lowest BCUT2D eigenvalue weighted by atomic mass is 9.95. The van der Waals surface area contributed by atoms with Crippen LogP contribution in [0.4, 0.5) is 0 Å². The zero-order valence-electron chi connectivity index (χ0n) is 14.9. The fraction of sp³-hybridized carbons (Fsp3) is 0.421. The van der Waals surface area contributed by atoms with Crippen molar-refractivity contribution in [3.05, 3.63) is 62.8 Å². The minimum absolute atomic E-state index is 0.00965. The van der Waals surface area contributed by atoms with Crippen molar-refractivity contribution in [1.29, 1.82) is 0 Å². The number of carbonyl (C=O) groups is 1. The topological polar surface area (TPSA) is 95.1 Å². The van der Waals surface area contributed by atoms with E-state index in [1.807, 2.05) is 45.0 Å². The minimum atomic E-state index is -0.706. The number of aromatic amines is 1. The Hall–Kier alpha value is -2.47. The molecule has 132 valence electrons. The average molecular weight is 341 g/mol. The van der Waals surface area contributed by atoms with E-state index in [0.29, 0.717) is 17.9 Å². The first-order valence-electron chi connectivity index (χ1n) is 8.36. The summed E-state index contributed by atoms with van der Waals surface area (Å²) in [6.07, 6.45) is -0.222. The lowest BCUT2D eigenvalue weighted by Gasteiger charge is -2.20. The Labute approximate surface area is 146 Å². The van der Waals surface area contributed by atoms with Crippen molar-refractivity contribution in [2.24, 2.45) is 0 Å². The molecule has 1 aliphatic rings. The summed E-state index contributed by atoms with van der Waals surface area (Å²) < 4.78 is 0. The van der Waals surface area contributed by atoms with Gasteiger partial charge in [-0.2, -0.15) is 0 Å². The van der Waals surface area contributed by atoms with Crippen molar-refractivity contribution in [3.63, 3.8) is 0 Å². The fourth-order valence-electron chi connectivity index (χ4n) is 3.17. The van der Waals surface area contributed by atoms with Gasteiger partial charge in [-0.25, -0.2) is 4.98 Å². The maximum atomic E-state index is 12.7. The van der Waals surface area contributed by atoms with Crippen LogP contribution in [-0.2, 0) is 11.8 Å². The first-order chi connectivity index (χ1) is 11.7. The first kappa shape index (κ1) is 17.4. The third-order valence-electron chi connectivity index (χ3n) is 4.53. The van der Waals surface area contributed by atoms with Crippen molar-refractivity contribution < 1.29 is 9.90 Å². The highest BCUT2D eigenvalue weighted by molar-refractivity contribution is 5.95. The summed E-state index contributed by atoms with van der Waals surface area (Å²) in [5, 5.41) is 13.1. The summed E-state index contributed by atoms with van der Waals surface area (Å²) >= 11 is 0. The van der Waals surface area contributed by atoms with Gasteiger partial charge in [-0.1, -0.05) is 45.0 Å². The van der Waals surface area contributed by atoms with Crippen molar-refractivity contribution in [2.75, 3.05) is 0 Å². The van der Waals surface area contributed by atoms with Gasteiger partial charge in [-0.05, 0) is 18.1 Å². The number of hydrogen-bond donors (Lipinski definition) is 3. The number of aliphatic hydroxyl groups is 1. The quantitative estimate of drug-likeness (QED) is 0.776. The zero-order valence-corrected chi connectivity index (χ0v) is 14.9. The Morgan fingerprint density at radius 3 is 2.64 bits per heavy atom. The van der Waals surface area contributed by atoms with Crippen molar-refractivity contribution in [2.45, 2.75) is 51.7 Å². The van der Waals surface area contributed by atoms with Gasteiger partial charge in [0.25, 0.3) is 11.5 Å². The molecule has 0 saturated carbocycles. The summed E-state index contributed by atoms with van der Waals surface area (Å²) in [5.74, 6) is 0.0188. The monoisotopic (exact) mass is 341 g/mol. The molecule has 1 aliphatic carbocycles. The lowest BCUT2D eigenvalue weighted by Crippen LogP contribution is -2.38. The molecule has 6 heteroatoms. The van der Waals surface area contributed by atoms with Gasteiger partial charge in [-0.3, -0.25) is 9.59 Å². The van der Waals surface area contributed by atoms with Crippen molar-refractivity contribution in [1.82, 2.24) is 15.3 Å². The summed E-state index contributed by atoms with van der Waals surface area (Å²) in [6, 6.07) is 7.06. The van der Waals surface area contributed by atoms with Crippen LogP contribution in [0.2, 0.25) is 0 Å². The third kappa shape index (κ3) is 3.22. The second kappa shape index (κ2) is 6.11. The van der Waals surface area contributed by atoms with E-state index in [1.165, 1.54) is 0 Å². The maximum absolute atomic E-state index is 12.7. The molecule has 2 unspecified atom stereocenters. The van der Waals surface area contributed by atoms with Crippen LogP contribution in [0.15, 0.2) is 29.1 Å². The number of aromatic nitrogens is 2. The van der Waals surface area contributed by atoms with E-state index in [9.17, 15) is 14.7 Å². The molecule has 3 N–H and O–H groups in total. The smallest absolute Gasteiger partial charge is 0.264 e. The third-order valence-corrected chi connectivity index (χ3v) is 4.53. The number of aliphatic hydroxyl groups excluding tert-OH is 1. The van der Waals surface area contributed by atoms with Gasteiger partial charge in [0.05, 0.1) is 17.8 Å². The molecule has 1 heterocycles. The van der Waals surface area contributed by atoms with Crippen molar-refractivity contribution in [3.8, 4) is 0 Å². The minimum Gasteiger partial charge on any atom is -0.390 e. The zero-order chi connectivity index (χ0) is 18.4. The van der Waals surface area contributed by atoms with E-state index in [2.05, 4.69) is 15.3 Å². The number of rotatable bonds is 2. The Bertz CT molecular complexity index is 880. The molecule has 0 spiro atoms. The van der Waals surface area contributed by atoms with Gasteiger partial charge < -0.3 is 15.4 Å². The highest BCUT2D eigenvalue weighted by atomic mass is 16.3. The lowest BCUT2D eigenvalue weighted by molar-refractivity contribution is 0.0855. The average Bonchev–Trinajstić information content (AvgIpc) is 2.82. The van der Waals surface area contributed by atoms with E-state index in [1.54, 1.807) is 6.92 Å². The van der Waals surface area contributed by atoms with Crippen LogP contribution in [0.25, 0.3) is 0 Å². The molecule has 25 heavy (non-hydrogen) atoms. The highest BCUT2D eigenvalue weighted by Gasteiger charge is 2.33. The normalized spacial score (nSPS) is 19.6. The second-order valence-electron chi connectivity index (χ2n) is 7.55. The SMILES string of the molecule is Cc1nc(C(C)(C)C)[nH]c(=O)c1C(=O)NC1c2ccccc2CC1O. The number of H-pyrrole nitrogens is 1. The van der Waals surface area contributed by atoms with Gasteiger partial charge in [0.15, 0.2) is 0 Å². The van der Waals surface area contributed by atoms with Crippen LogP contribution >= 0.6 is 0 Å². The van der Waals surface area contributed by atoms with Crippen LogP contribution in [0.3, 0.4) is 0 Å². The molecule has 0 radical (unpaired) electrons. The standard InChI is InChI=1S/C19H23N3O3/c1-10-14(17(25)22-18(20-10)19(2,3)4)16(24)21-15-12-8-6-5-7-11(12)9-13(15)23/h5-8,13,15,23H,9H2,1-4H3,(H,21,24)(H,20,22,25). The molecule has 0 bridgehead atoms. The van der Waals surface area contributed by atoms with Gasteiger partial charge in [-0.15, -0.1) is 0 Å². The molecule has 0 saturated heterocycles. The Morgan fingerprint density at radius 1 is 1.32 bits per heavy atom. The number of benzene rings is 1. The second-order valence-corrected chi connectivity index (χ2v) is 7.55. The van der Waals surface area contributed by atoms with Crippen LogP contribution in [0.5, 0.6) is 0 Å². The number of amides is 1. The summed E-state index contributed by atoms with van der Waals surface area (Å²) in [7, 11) is 0. The van der Waals surface area contributed by atoms with E-state index in [0.717, 1.165) is 11.1 Å². The van der Waals surface area contributed by atoms with Gasteiger partial charge in [0.1, 0.15) is 11.4 Å².